The van der Waals surface area contributed by atoms with Crippen LogP contribution in [-0.4, -0.2) is 116 Å². The van der Waals surface area contributed by atoms with Crippen LogP contribution in [0.5, 0.6) is 0 Å². The summed E-state index contributed by atoms with van der Waals surface area (Å²) in [5, 5.41) is 20.8. The van der Waals surface area contributed by atoms with Crippen LogP contribution in [0.25, 0.3) is 22.3 Å². The van der Waals surface area contributed by atoms with Crippen LogP contribution < -0.4 is 17.0 Å². The Balaban J connectivity index is 1.23. The smallest absolute Gasteiger partial charge is 0.386 e. The zero-order valence-electron chi connectivity index (χ0n) is 23.5. The van der Waals surface area contributed by atoms with Gasteiger partial charge in [-0.3, -0.25) is 37.0 Å². The number of nitrogen functional groups attached to an aromatic ring is 2. The quantitative estimate of drug-likeness (QED) is 0.0862. The molecule has 26 heteroatoms. The molecule has 10 atom stereocenters. The fourth-order valence-electron chi connectivity index (χ4n) is 5.57. The number of nitrogens with one attached hydrogen (secondary N) is 1. The Bertz CT molecular complexity index is 1970. The Kier molecular flexibility index (Phi) is 8.12. The molecule has 47 heavy (non-hydrogen) atoms. The number of fused-ring (bicyclic) bond motifs is 5. The van der Waals surface area contributed by atoms with Crippen molar-refractivity contribution in [1.29, 1.82) is 0 Å². The van der Waals surface area contributed by atoms with Crippen molar-refractivity contribution in [3.8, 4) is 0 Å². The van der Waals surface area contributed by atoms with Crippen LogP contribution in [-0.2, 0) is 41.4 Å². The third kappa shape index (κ3) is 5.82. The largest absolute Gasteiger partial charge is 0.472 e. The molecule has 0 radical (unpaired) electrons. The number of phosphoric acid groups is 2. The van der Waals surface area contributed by atoms with E-state index in [-0.39, 0.29) is 34.1 Å². The molecule has 3 aliphatic rings. The monoisotopic (exact) mass is 704 g/mol. The first-order chi connectivity index (χ1) is 22.4. The molecular weight excluding hydrogens is 678 g/mol. The fraction of sp³-hybridized carbons (Fsp3) is 0.524. The van der Waals surface area contributed by atoms with E-state index in [0.29, 0.717) is 0 Å². The van der Waals surface area contributed by atoms with Crippen LogP contribution in [0.2, 0.25) is 0 Å². The molecule has 0 spiro atoms. The van der Waals surface area contributed by atoms with E-state index in [0.717, 1.165) is 17.2 Å². The third-order valence-corrected chi connectivity index (χ3v) is 9.53. The average Bonchev–Trinajstić information content (AvgIpc) is 3.76. The van der Waals surface area contributed by atoms with E-state index in [4.69, 9.17) is 43.8 Å². The zero-order valence-corrected chi connectivity index (χ0v) is 25.3. The molecule has 0 saturated carbocycles. The van der Waals surface area contributed by atoms with Crippen molar-refractivity contribution in [3.63, 3.8) is 0 Å². The van der Waals surface area contributed by atoms with E-state index in [1.807, 2.05) is 0 Å². The minimum absolute atomic E-state index is 0.0309. The van der Waals surface area contributed by atoms with Crippen molar-refractivity contribution in [2.45, 2.75) is 49.1 Å². The summed E-state index contributed by atoms with van der Waals surface area (Å²) in [6.45, 7) is -2.58. The molecule has 0 amide bonds. The maximum atomic E-state index is 13.4. The number of hydrogen-bond acceptors (Lipinski definition) is 19. The third-order valence-electron chi connectivity index (χ3n) is 7.56. The Morgan fingerprint density at radius 2 is 1.55 bits per heavy atom. The topological polar surface area (TPSA) is 339 Å². The van der Waals surface area contributed by atoms with Crippen LogP contribution in [0.3, 0.4) is 0 Å². The number of phosphoric ester groups is 2. The number of aromatic nitrogens is 8. The predicted molar refractivity (Wildman–Crippen MR) is 149 cm³/mol. The molecule has 4 unspecified atom stereocenters. The summed E-state index contributed by atoms with van der Waals surface area (Å²) in [5.41, 5.74) is 10.8. The van der Waals surface area contributed by atoms with Crippen LogP contribution in [0.1, 0.15) is 12.5 Å². The van der Waals surface area contributed by atoms with Crippen LogP contribution in [0.4, 0.5) is 11.8 Å². The van der Waals surface area contributed by atoms with Crippen LogP contribution in [0.15, 0.2) is 23.8 Å². The number of ether oxygens (including phenoxy) is 3. The van der Waals surface area contributed by atoms with Gasteiger partial charge in [0.25, 0.3) is 5.56 Å². The maximum absolute atomic E-state index is 13.4. The minimum Gasteiger partial charge on any atom is -0.386 e. The summed E-state index contributed by atoms with van der Waals surface area (Å²) in [6, 6.07) is 0. The lowest BCUT2D eigenvalue weighted by Gasteiger charge is -2.26. The predicted octanol–water partition coefficient (Wildman–Crippen LogP) is -2.37. The van der Waals surface area contributed by atoms with E-state index in [2.05, 4.69) is 29.9 Å². The number of rotatable bonds is 4. The highest BCUT2D eigenvalue weighted by atomic mass is 31.2. The van der Waals surface area contributed by atoms with Gasteiger partial charge in [-0.25, -0.2) is 29.1 Å². The van der Waals surface area contributed by atoms with Gasteiger partial charge in [-0.2, -0.15) is 4.98 Å². The second-order valence-corrected chi connectivity index (χ2v) is 13.2. The first kappa shape index (κ1) is 32.1. The Morgan fingerprint density at radius 3 is 2.28 bits per heavy atom. The molecule has 3 saturated heterocycles. The Morgan fingerprint density at radius 1 is 0.915 bits per heavy atom. The van der Waals surface area contributed by atoms with Gasteiger partial charge in [0, 0.05) is 0 Å². The summed E-state index contributed by atoms with van der Waals surface area (Å²) >= 11 is 0. The molecule has 9 N–H and O–H groups in total. The highest BCUT2D eigenvalue weighted by Crippen LogP contribution is 2.54. The molecule has 4 aromatic heterocycles. The van der Waals surface area contributed by atoms with E-state index in [9.17, 15) is 33.9 Å². The van der Waals surface area contributed by atoms with Crippen LogP contribution >= 0.6 is 15.6 Å². The van der Waals surface area contributed by atoms with Crippen molar-refractivity contribution in [1.82, 2.24) is 39.0 Å². The van der Waals surface area contributed by atoms with Gasteiger partial charge in [-0.15, -0.1) is 0 Å². The minimum atomic E-state index is -5.14. The SMILES string of the molecule is Nc1nc2c(ncn2[C@@H]2O[C@@H]3COP(=O)(O)OC4[C@@H](COP(=O)(O)OC2[C@H]3OCO)O[C@@H](n2cnc3c(N)ncnc32)[C@H]4O)c(=O)[nH]1. The lowest BCUT2D eigenvalue weighted by atomic mass is 10.1. The summed E-state index contributed by atoms with van der Waals surface area (Å²) in [6.07, 6.45) is -8.74. The molecule has 0 aromatic carbocycles. The maximum Gasteiger partial charge on any atom is 0.472 e. The van der Waals surface area contributed by atoms with Gasteiger partial charge in [0.1, 0.15) is 55.3 Å². The van der Waals surface area contributed by atoms with E-state index in [1.165, 1.54) is 10.9 Å². The van der Waals surface area contributed by atoms with E-state index >= 15 is 0 Å². The fourth-order valence-corrected chi connectivity index (χ4v) is 7.46. The molecule has 4 aromatic rings. The molecule has 3 aliphatic heterocycles. The number of aliphatic hydroxyl groups is 2. The summed E-state index contributed by atoms with van der Waals surface area (Å²) < 4.78 is 67.3. The van der Waals surface area contributed by atoms with Crippen molar-refractivity contribution < 1.29 is 61.4 Å². The Labute approximate surface area is 260 Å². The average molecular weight is 704 g/mol. The second-order valence-electron chi connectivity index (χ2n) is 10.4. The molecule has 7 heterocycles. The molecule has 24 nitrogen and oxygen atoms in total. The molecule has 0 aliphatic carbocycles. The van der Waals surface area contributed by atoms with Crippen molar-refractivity contribution in [3.05, 3.63) is 29.3 Å². The number of anilines is 2. The number of nitrogens with two attached hydrogens (primary N) is 2. The van der Waals surface area contributed by atoms with Crippen molar-refractivity contribution in [2.75, 3.05) is 31.5 Å². The summed E-state index contributed by atoms with van der Waals surface area (Å²) in [5.74, 6) is -0.256. The van der Waals surface area contributed by atoms with Gasteiger partial charge in [0.15, 0.2) is 35.1 Å². The molecular formula is C21H26N10O14P2. The van der Waals surface area contributed by atoms with Gasteiger partial charge in [-0.05, 0) is 0 Å². The molecule has 7 rings (SSSR count). The number of hydrogen-bond donors (Lipinski definition) is 7. The van der Waals surface area contributed by atoms with E-state index in [1.54, 1.807) is 0 Å². The number of nitrogens with zero attached hydrogens (tertiary/aromatic N) is 7. The number of aliphatic hydroxyl groups excluding tert-OH is 2. The van der Waals surface area contributed by atoms with Crippen LogP contribution in [0, 0.1) is 0 Å². The second kappa shape index (κ2) is 11.9. The normalized spacial score (nSPS) is 36.6. The first-order valence-corrected chi connectivity index (χ1v) is 16.5. The molecule has 2 bridgehead atoms. The van der Waals surface area contributed by atoms with Gasteiger partial charge in [0.05, 0.1) is 25.9 Å². The highest BCUT2D eigenvalue weighted by Gasteiger charge is 2.54. The van der Waals surface area contributed by atoms with Gasteiger partial charge < -0.3 is 45.7 Å². The number of H-pyrrole nitrogens is 1. The summed E-state index contributed by atoms with van der Waals surface area (Å²) in [7, 11) is -10.2. The molecule has 3 fully saturated rings. The van der Waals surface area contributed by atoms with Gasteiger partial charge >= 0.3 is 15.6 Å². The Hall–Kier alpha value is -3.48. The van der Waals surface area contributed by atoms with Crippen molar-refractivity contribution >= 4 is 49.7 Å². The van der Waals surface area contributed by atoms with E-state index < -0.39 is 90.3 Å². The van der Waals surface area contributed by atoms with Gasteiger partial charge in [0.2, 0.25) is 5.95 Å². The summed E-state index contributed by atoms with van der Waals surface area (Å²) in [4.78, 5) is 56.3. The standard InChI is InChI=1S/C21H26N10O14P2/c22-15-9-16(25-3-24-15)30(4-26-9)19-11(33)12-7(42-19)1-40-47(37,38)45-14-13(39-6-32)8(2-41-46(35,36)44-12)43-20(14)31-5-27-10-17(31)28-21(23)29-18(10)34/h3-5,7-8,11-14,19-20,32-33H,1-2,6H2,(H,35,36)(H,37,38)(H2,22,24,25)(H3,23,28,29,34)/t7-,8-,11+,12?,13+,14?,19-,20-/m1/s1. The van der Waals surface area contributed by atoms with Crippen molar-refractivity contribution in [2.24, 2.45) is 0 Å². The lowest BCUT2D eigenvalue weighted by molar-refractivity contribution is -0.106. The number of aromatic amines is 1. The highest BCUT2D eigenvalue weighted by molar-refractivity contribution is 7.47. The molecule has 254 valence electrons. The first-order valence-electron chi connectivity index (χ1n) is 13.5. The number of imidazole rings is 2. The zero-order chi connectivity index (χ0) is 33.2. The van der Waals surface area contributed by atoms with Gasteiger partial charge in [-0.1, -0.05) is 0 Å². The lowest BCUT2D eigenvalue weighted by Crippen LogP contribution is -2.38.